The molecule has 0 spiro atoms. The van der Waals surface area contributed by atoms with Crippen molar-refractivity contribution in [2.45, 2.75) is 90.8 Å². The molecule has 1 heterocycles. The highest BCUT2D eigenvalue weighted by molar-refractivity contribution is 5.98. The van der Waals surface area contributed by atoms with Gasteiger partial charge in [0.1, 0.15) is 6.10 Å². The zero-order valence-corrected chi connectivity index (χ0v) is 20.6. The Bertz CT molecular complexity index is 763. The van der Waals surface area contributed by atoms with Crippen molar-refractivity contribution in [1.82, 2.24) is 0 Å². The van der Waals surface area contributed by atoms with Crippen LogP contribution in [-0.4, -0.2) is 53.4 Å². The molecule has 1 rings (SSSR count). The van der Waals surface area contributed by atoms with Crippen molar-refractivity contribution in [1.29, 1.82) is 0 Å². The summed E-state index contributed by atoms with van der Waals surface area (Å²) < 4.78 is 10.8. The number of hydrogen-bond donors (Lipinski definition) is 2. The number of carboxylic acids is 1. The fourth-order valence-corrected chi connectivity index (χ4v) is 3.41. The lowest BCUT2D eigenvalue weighted by molar-refractivity contribution is -0.305. The fraction of sp³-hybridized carbons (Fsp3) is 0.654. The molecule has 0 unspecified atom stereocenters. The van der Waals surface area contributed by atoms with Crippen molar-refractivity contribution in [2.75, 3.05) is 13.2 Å². The van der Waals surface area contributed by atoms with Crippen LogP contribution in [0.25, 0.3) is 0 Å². The summed E-state index contributed by atoms with van der Waals surface area (Å²) in [7, 11) is 0. The first-order valence-electron chi connectivity index (χ1n) is 12.1. The summed E-state index contributed by atoms with van der Waals surface area (Å²) in [6, 6.07) is 0. The summed E-state index contributed by atoms with van der Waals surface area (Å²) in [6.45, 7) is 5.71. The first-order chi connectivity index (χ1) is 16.1. The number of esters is 1. The van der Waals surface area contributed by atoms with E-state index in [-0.39, 0.29) is 31.1 Å². The zero-order chi connectivity index (χ0) is 25.5. The van der Waals surface area contributed by atoms with Crippen molar-refractivity contribution >= 4 is 17.7 Å². The van der Waals surface area contributed by atoms with E-state index in [1.54, 1.807) is 19.9 Å². The molecule has 1 aliphatic rings. The van der Waals surface area contributed by atoms with Crippen LogP contribution in [0.5, 0.6) is 0 Å². The molecule has 8 nitrogen and oxygen atoms in total. The van der Waals surface area contributed by atoms with E-state index in [2.05, 4.69) is 0 Å². The maximum absolute atomic E-state index is 12.5. The van der Waals surface area contributed by atoms with Crippen LogP contribution in [0.1, 0.15) is 78.6 Å². The fourth-order valence-electron chi connectivity index (χ4n) is 3.41. The molecule has 34 heavy (non-hydrogen) atoms. The Morgan fingerprint density at radius 2 is 1.82 bits per heavy atom. The topological polar surface area (TPSA) is 133 Å². The number of ether oxygens (including phenoxy) is 2. The monoisotopic (exact) mass is 479 g/mol. The van der Waals surface area contributed by atoms with Gasteiger partial charge in [-0.2, -0.15) is 0 Å². The average molecular weight is 480 g/mol. The van der Waals surface area contributed by atoms with Crippen molar-refractivity contribution in [3.05, 3.63) is 35.1 Å². The minimum absolute atomic E-state index is 0.0309. The number of aliphatic hydroxyl groups excluding tert-OH is 2. The number of ketones is 1. The van der Waals surface area contributed by atoms with E-state index in [1.165, 1.54) is 6.08 Å². The second kappa shape index (κ2) is 16.2. The van der Waals surface area contributed by atoms with Crippen LogP contribution in [0.2, 0.25) is 0 Å². The van der Waals surface area contributed by atoms with Gasteiger partial charge in [-0.05, 0) is 45.4 Å². The number of carbonyl (C=O) groups is 3. The predicted molar refractivity (Wildman–Crippen MR) is 126 cm³/mol. The molecule has 0 fully saturated rings. The molecule has 0 radical (unpaired) electrons. The first-order valence-corrected chi connectivity index (χ1v) is 12.1. The van der Waals surface area contributed by atoms with E-state index < -0.39 is 29.9 Å². The molecular weight excluding hydrogens is 440 g/mol. The summed E-state index contributed by atoms with van der Waals surface area (Å²) in [5.74, 6) is -2.32. The zero-order valence-electron chi connectivity index (χ0n) is 20.6. The second-order valence-electron chi connectivity index (χ2n) is 8.95. The summed E-state index contributed by atoms with van der Waals surface area (Å²) in [5.41, 5.74) is 1.12. The standard InChI is InChI=1S/C26H40O8/c1-18(16-24(30)33-14-9-7-5-4-6-8-13-23(28)29)15-22-26(32)25(31)21(17-34-22)12-10-11-19(2)20(3)27/h10-11,16,19-20,22,27,31H,4-9,12-15,17H2,1-3H3,(H,28,29)/p-1/b11-10+,18-16+/t19-,20+,22+/m1/s1. The van der Waals surface area contributed by atoms with Crippen molar-refractivity contribution in [2.24, 2.45) is 5.92 Å². The van der Waals surface area contributed by atoms with Gasteiger partial charge in [0.25, 0.3) is 0 Å². The lowest BCUT2D eigenvalue weighted by Gasteiger charge is -2.23. The van der Waals surface area contributed by atoms with Crippen LogP contribution >= 0.6 is 0 Å². The average Bonchev–Trinajstić information content (AvgIpc) is 2.76. The van der Waals surface area contributed by atoms with E-state index in [0.717, 1.165) is 32.1 Å². The SMILES string of the molecule is C/C(=C\C(=O)OCCCCCCCCC(=O)[O-])C[C@@H]1OCC(C/C=C/[C@@H](C)[C@H](C)O)=C(O)C1=O. The third-order valence-electron chi connectivity index (χ3n) is 5.78. The van der Waals surface area contributed by atoms with Gasteiger partial charge in [0.05, 0.1) is 19.3 Å². The highest BCUT2D eigenvalue weighted by atomic mass is 16.5. The number of allylic oxidation sites excluding steroid dienone is 1. The Labute approximate surface area is 202 Å². The van der Waals surface area contributed by atoms with Crippen molar-refractivity contribution in [3.63, 3.8) is 0 Å². The largest absolute Gasteiger partial charge is 0.550 e. The highest BCUT2D eigenvalue weighted by Crippen LogP contribution is 2.23. The minimum atomic E-state index is -1.01. The number of rotatable bonds is 16. The Kier molecular flexibility index (Phi) is 14.1. The molecule has 0 bridgehead atoms. The van der Waals surface area contributed by atoms with Crippen molar-refractivity contribution < 1.29 is 39.2 Å². The molecule has 2 N–H and O–H groups in total. The van der Waals surface area contributed by atoms with Crippen LogP contribution in [0.3, 0.4) is 0 Å². The van der Waals surface area contributed by atoms with Crippen LogP contribution in [-0.2, 0) is 23.9 Å². The van der Waals surface area contributed by atoms with E-state index in [9.17, 15) is 29.7 Å². The van der Waals surface area contributed by atoms with Crippen LogP contribution in [0.15, 0.2) is 35.1 Å². The number of aliphatic hydroxyl groups is 2. The number of aliphatic carboxylic acids is 1. The van der Waals surface area contributed by atoms with Crippen LogP contribution in [0.4, 0.5) is 0 Å². The molecule has 1 aliphatic heterocycles. The van der Waals surface area contributed by atoms with Gasteiger partial charge in [-0.15, -0.1) is 0 Å². The Balaban J connectivity index is 2.34. The Hall–Kier alpha value is -2.45. The third-order valence-corrected chi connectivity index (χ3v) is 5.78. The number of unbranched alkanes of at least 4 members (excludes halogenated alkanes) is 5. The summed E-state index contributed by atoms with van der Waals surface area (Å²) >= 11 is 0. The molecule has 0 aromatic heterocycles. The maximum atomic E-state index is 12.5. The van der Waals surface area contributed by atoms with Gasteiger partial charge in [-0.25, -0.2) is 4.79 Å². The van der Waals surface area contributed by atoms with E-state index in [0.29, 0.717) is 30.6 Å². The normalized spacial score (nSPS) is 18.9. The summed E-state index contributed by atoms with van der Waals surface area (Å²) in [5, 5.41) is 30.1. The molecule has 8 heteroatoms. The van der Waals surface area contributed by atoms with Crippen LogP contribution < -0.4 is 5.11 Å². The second-order valence-corrected chi connectivity index (χ2v) is 8.95. The summed E-state index contributed by atoms with van der Waals surface area (Å²) in [6.07, 6.45) is 9.30. The quantitative estimate of drug-likeness (QED) is 0.149. The maximum Gasteiger partial charge on any atom is 0.330 e. The number of carbonyl (C=O) groups excluding carboxylic acids is 3. The van der Waals surface area contributed by atoms with Gasteiger partial charge < -0.3 is 29.6 Å². The first kappa shape index (κ1) is 29.6. The molecule has 192 valence electrons. The lowest BCUT2D eigenvalue weighted by Crippen LogP contribution is -2.32. The number of hydrogen-bond acceptors (Lipinski definition) is 8. The molecule has 0 aliphatic carbocycles. The van der Waals surface area contributed by atoms with Gasteiger partial charge >= 0.3 is 5.97 Å². The molecule has 0 aromatic carbocycles. The Morgan fingerprint density at radius 1 is 1.18 bits per heavy atom. The van der Waals surface area contributed by atoms with Gasteiger partial charge in [0.15, 0.2) is 5.76 Å². The van der Waals surface area contributed by atoms with E-state index in [1.807, 2.05) is 13.0 Å². The Morgan fingerprint density at radius 3 is 2.47 bits per heavy atom. The summed E-state index contributed by atoms with van der Waals surface area (Å²) in [4.78, 5) is 34.8. The highest BCUT2D eigenvalue weighted by Gasteiger charge is 2.30. The van der Waals surface area contributed by atoms with E-state index in [4.69, 9.17) is 9.47 Å². The molecular formula is C26H39O8-. The third kappa shape index (κ3) is 12.1. The van der Waals surface area contributed by atoms with Gasteiger partial charge in [0.2, 0.25) is 5.78 Å². The molecule has 0 saturated heterocycles. The van der Waals surface area contributed by atoms with Gasteiger partial charge in [-0.3, -0.25) is 4.79 Å². The smallest absolute Gasteiger partial charge is 0.330 e. The van der Waals surface area contributed by atoms with Gasteiger partial charge in [-0.1, -0.05) is 50.3 Å². The minimum Gasteiger partial charge on any atom is -0.550 e. The predicted octanol–water partition coefficient (Wildman–Crippen LogP) is 3.09. The lowest BCUT2D eigenvalue weighted by atomic mass is 9.97. The number of Topliss-reactive ketones (excluding diaryl/α,β-unsaturated/α-hetero) is 1. The molecule has 0 aromatic rings. The molecule has 0 amide bonds. The number of carboxylic acid groups (broad SMARTS) is 1. The van der Waals surface area contributed by atoms with Gasteiger partial charge in [0, 0.05) is 24.0 Å². The van der Waals surface area contributed by atoms with E-state index >= 15 is 0 Å². The van der Waals surface area contributed by atoms with Crippen LogP contribution in [0, 0.1) is 5.92 Å². The molecule has 3 atom stereocenters. The molecule has 0 saturated carbocycles. The van der Waals surface area contributed by atoms with Crippen molar-refractivity contribution in [3.8, 4) is 0 Å².